The number of aryl methyl sites for hydroxylation is 1. The molecule has 0 atom stereocenters. The summed E-state index contributed by atoms with van der Waals surface area (Å²) in [5, 5.41) is 23.1. The maximum absolute atomic E-state index is 11.6. The summed E-state index contributed by atoms with van der Waals surface area (Å²) < 4.78 is 24.2. The Morgan fingerprint density at radius 2 is 1.89 bits per heavy atom. The summed E-state index contributed by atoms with van der Waals surface area (Å²) in [7, 11) is -4.15. The number of carboxylic acid groups (broad SMARTS) is 2. The molecule has 0 unspecified atom stereocenters. The molecule has 0 radical (unpaired) electrons. The number of nitrogens with zero attached hydrogens (tertiary/aromatic N) is 3. The lowest BCUT2D eigenvalue weighted by atomic mass is 10.3. The summed E-state index contributed by atoms with van der Waals surface area (Å²) in [5.74, 6) is -3.96. The molecular formula is C8H12N4O6S. The molecule has 19 heavy (non-hydrogen) atoms. The van der Waals surface area contributed by atoms with Gasteiger partial charge in [0.15, 0.2) is 11.6 Å². The Labute approximate surface area is 107 Å². The van der Waals surface area contributed by atoms with Gasteiger partial charge < -0.3 is 15.9 Å². The summed E-state index contributed by atoms with van der Waals surface area (Å²) in [6.45, 7) is 0.0771. The zero-order chi connectivity index (χ0) is 14.6. The molecule has 1 heterocycles. The summed E-state index contributed by atoms with van der Waals surface area (Å²) in [6.07, 6.45) is 0.0673. The highest BCUT2D eigenvalue weighted by Gasteiger charge is 2.26. The molecule has 0 saturated heterocycles. The van der Waals surface area contributed by atoms with Gasteiger partial charge >= 0.3 is 11.9 Å². The first-order valence-corrected chi connectivity index (χ1v) is 6.74. The van der Waals surface area contributed by atoms with Gasteiger partial charge in [0.2, 0.25) is 14.9 Å². The first-order valence-electron chi connectivity index (χ1n) is 5.09. The lowest BCUT2D eigenvalue weighted by molar-refractivity contribution is -0.137. The molecule has 10 nitrogen and oxygen atoms in total. The second kappa shape index (κ2) is 5.65. The molecule has 1 aromatic heterocycles. The van der Waals surface area contributed by atoms with E-state index in [1.807, 2.05) is 0 Å². The van der Waals surface area contributed by atoms with Crippen LogP contribution in [0.15, 0.2) is 5.03 Å². The van der Waals surface area contributed by atoms with Gasteiger partial charge in [-0.3, -0.25) is 9.59 Å². The van der Waals surface area contributed by atoms with Gasteiger partial charge in [0.1, 0.15) is 0 Å². The average Bonchev–Trinajstić information content (AvgIpc) is 2.58. The quantitative estimate of drug-likeness (QED) is 0.546. The molecule has 0 saturated carbocycles. The van der Waals surface area contributed by atoms with Gasteiger partial charge in [-0.2, -0.15) is 0 Å². The van der Waals surface area contributed by atoms with E-state index in [0.29, 0.717) is 0 Å². The Hall–Kier alpha value is -2.17. The largest absolute Gasteiger partial charge is 0.481 e. The average molecular weight is 292 g/mol. The molecular weight excluding hydrogens is 280 g/mol. The molecule has 11 heteroatoms. The van der Waals surface area contributed by atoms with Gasteiger partial charge in [-0.15, -0.1) is 5.10 Å². The van der Waals surface area contributed by atoms with Crippen molar-refractivity contribution in [2.75, 3.05) is 11.5 Å². The number of carboxylic acids is 2. The molecule has 0 fully saturated rings. The van der Waals surface area contributed by atoms with Crippen molar-refractivity contribution < 1.29 is 28.2 Å². The number of nitrogens with two attached hydrogens (primary N) is 1. The smallest absolute Gasteiger partial charge is 0.319 e. The predicted octanol–water partition coefficient (Wildman–Crippen LogP) is -1.42. The highest BCUT2D eigenvalue weighted by molar-refractivity contribution is 7.92. The van der Waals surface area contributed by atoms with Crippen LogP contribution in [0.25, 0.3) is 0 Å². The summed E-state index contributed by atoms with van der Waals surface area (Å²) >= 11 is 0. The van der Waals surface area contributed by atoms with E-state index in [-0.39, 0.29) is 25.2 Å². The number of sulfone groups is 1. The fraction of sp³-hybridized carbons (Fsp3) is 0.500. The highest BCUT2D eigenvalue weighted by atomic mass is 32.2. The minimum absolute atomic E-state index is 0.0771. The Kier molecular flexibility index (Phi) is 4.43. The first-order chi connectivity index (χ1) is 8.74. The van der Waals surface area contributed by atoms with E-state index in [1.165, 1.54) is 0 Å². The third-order valence-electron chi connectivity index (χ3n) is 2.11. The fourth-order valence-corrected chi connectivity index (χ4v) is 2.35. The maximum atomic E-state index is 11.6. The van der Waals surface area contributed by atoms with Crippen LogP contribution in [-0.2, 0) is 26.0 Å². The number of anilines is 1. The van der Waals surface area contributed by atoms with Crippen LogP contribution in [0.3, 0.4) is 0 Å². The minimum Gasteiger partial charge on any atom is -0.481 e. The van der Waals surface area contributed by atoms with Crippen LogP contribution in [0.4, 0.5) is 5.82 Å². The Balaban J connectivity index is 2.86. The summed E-state index contributed by atoms with van der Waals surface area (Å²) in [5.41, 5.74) is 5.50. The van der Waals surface area contributed by atoms with Crippen molar-refractivity contribution in [2.24, 2.45) is 0 Å². The van der Waals surface area contributed by atoms with Crippen LogP contribution in [0.2, 0.25) is 0 Å². The van der Waals surface area contributed by atoms with E-state index in [0.717, 1.165) is 4.68 Å². The number of rotatable bonds is 7. The lowest BCUT2D eigenvalue weighted by Crippen LogP contribution is -2.17. The number of aliphatic carboxylic acids is 2. The van der Waals surface area contributed by atoms with E-state index in [2.05, 4.69) is 10.3 Å². The third-order valence-corrected chi connectivity index (χ3v) is 3.62. The second-order valence-electron chi connectivity index (χ2n) is 3.65. The predicted molar refractivity (Wildman–Crippen MR) is 61.0 cm³/mol. The van der Waals surface area contributed by atoms with Crippen molar-refractivity contribution in [1.82, 2.24) is 15.0 Å². The molecule has 0 bridgehead atoms. The molecule has 0 aromatic carbocycles. The van der Waals surface area contributed by atoms with E-state index in [9.17, 15) is 18.0 Å². The standard InChI is InChI=1S/C8H12N4O6S/c9-7-8(19(17,18)4-6(15)16)10-11-12(7)3-1-2-5(13)14/h1-4,9H2,(H,13,14)(H,15,16). The van der Waals surface area contributed by atoms with Gasteiger partial charge in [-0.25, -0.2) is 13.1 Å². The van der Waals surface area contributed by atoms with E-state index >= 15 is 0 Å². The highest BCUT2D eigenvalue weighted by Crippen LogP contribution is 2.16. The van der Waals surface area contributed by atoms with Crippen LogP contribution in [-0.4, -0.2) is 51.3 Å². The van der Waals surface area contributed by atoms with Gasteiger partial charge in [0.25, 0.3) is 0 Å². The zero-order valence-corrected chi connectivity index (χ0v) is 10.5. The number of aromatic nitrogens is 3. The molecule has 1 aromatic rings. The van der Waals surface area contributed by atoms with E-state index in [1.54, 1.807) is 0 Å². The van der Waals surface area contributed by atoms with Crippen molar-refractivity contribution in [1.29, 1.82) is 0 Å². The molecule has 4 N–H and O–H groups in total. The maximum Gasteiger partial charge on any atom is 0.319 e. The van der Waals surface area contributed by atoms with E-state index < -0.39 is 32.6 Å². The molecule has 0 amide bonds. The van der Waals surface area contributed by atoms with Gasteiger partial charge in [-0.05, 0) is 6.42 Å². The van der Waals surface area contributed by atoms with Crippen molar-refractivity contribution in [3.63, 3.8) is 0 Å². The Morgan fingerprint density at radius 3 is 2.42 bits per heavy atom. The molecule has 1 rings (SSSR count). The molecule has 106 valence electrons. The number of carbonyl (C=O) groups is 2. The van der Waals surface area contributed by atoms with Crippen molar-refractivity contribution >= 4 is 27.6 Å². The van der Waals surface area contributed by atoms with Crippen molar-refractivity contribution in [2.45, 2.75) is 24.4 Å². The van der Waals surface area contributed by atoms with Gasteiger partial charge in [-0.1, -0.05) is 5.21 Å². The van der Waals surface area contributed by atoms with Crippen molar-refractivity contribution in [3.05, 3.63) is 0 Å². The second-order valence-corrected chi connectivity index (χ2v) is 5.56. The summed E-state index contributed by atoms with van der Waals surface area (Å²) in [6, 6.07) is 0. The van der Waals surface area contributed by atoms with Crippen LogP contribution >= 0.6 is 0 Å². The van der Waals surface area contributed by atoms with Crippen molar-refractivity contribution in [3.8, 4) is 0 Å². The zero-order valence-electron chi connectivity index (χ0n) is 9.68. The Bertz CT molecular complexity index is 592. The molecule has 0 spiro atoms. The number of hydrogen-bond donors (Lipinski definition) is 3. The monoisotopic (exact) mass is 292 g/mol. The topological polar surface area (TPSA) is 165 Å². The minimum atomic E-state index is -4.15. The van der Waals surface area contributed by atoms with Gasteiger partial charge in [0.05, 0.1) is 0 Å². The van der Waals surface area contributed by atoms with Crippen LogP contribution in [0, 0.1) is 0 Å². The Morgan fingerprint density at radius 1 is 1.26 bits per heavy atom. The SMILES string of the molecule is Nc1c(S(=O)(=O)CC(=O)O)nnn1CCCC(=O)O. The number of nitrogen functional groups attached to an aromatic ring is 1. The van der Waals surface area contributed by atoms with Gasteiger partial charge in [0, 0.05) is 13.0 Å². The first kappa shape index (κ1) is 14.9. The van der Waals surface area contributed by atoms with E-state index in [4.69, 9.17) is 15.9 Å². The normalized spacial score (nSPS) is 11.4. The number of hydrogen-bond acceptors (Lipinski definition) is 7. The molecule has 0 aliphatic rings. The molecule has 0 aliphatic heterocycles. The fourth-order valence-electron chi connectivity index (χ4n) is 1.30. The summed E-state index contributed by atoms with van der Waals surface area (Å²) in [4.78, 5) is 20.7. The lowest BCUT2D eigenvalue weighted by Gasteiger charge is -2.02. The van der Waals surface area contributed by atoms with Crippen LogP contribution < -0.4 is 5.73 Å². The molecule has 0 aliphatic carbocycles. The third kappa shape index (κ3) is 3.91. The van der Waals surface area contributed by atoms with Crippen LogP contribution in [0.5, 0.6) is 0 Å². The van der Waals surface area contributed by atoms with Crippen LogP contribution in [0.1, 0.15) is 12.8 Å².